The predicted octanol–water partition coefficient (Wildman–Crippen LogP) is 2.60. The van der Waals surface area contributed by atoms with Crippen molar-refractivity contribution in [1.29, 1.82) is 0 Å². The molecular weight excluding hydrogens is 266 g/mol. The topological polar surface area (TPSA) is 81.2 Å². The van der Waals surface area contributed by atoms with Crippen LogP contribution >= 0.6 is 11.8 Å². The average molecular weight is 281 g/mol. The molecule has 2 heterocycles. The molecular formula is C12H15N3O3S. The van der Waals surface area contributed by atoms with Gasteiger partial charge in [-0.3, -0.25) is 9.36 Å². The van der Waals surface area contributed by atoms with E-state index in [0.29, 0.717) is 16.7 Å². The van der Waals surface area contributed by atoms with Crippen LogP contribution in [0, 0.1) is 6.92 Å². The van der Waals surface area contributed by atoms with Crippen LogP contribution in [0.3, 0.4) is 0 Å². The lowest BCUT2D eigenvalue weighted by Gasteiger charge is -2.12. The molecule has 0 fully saturated rings. The lowest BCUT2D eigenvalue weighted by atomic mass is 10.2. The van der Waals surface area contributed by atoms with Crippen molar-refractivity contribution in [2.75, 3.05) is 5.75 Å². The minimum absolute atomic E-state index is 0.0397. The molecule has 0 aliphatic heterocycles. The highest BCUT2D eigenvalue weighted by Gasteiger charge is 2.20. The van der Waals surface area contributed by atoms with Gasteiger partial charge in [-0.25, -0.2) is 0 Å². The van der Waals surface area contributed by atoms with Crippen LogP contribution in [-0.2, 0) is 4.79 Å². The number of hydrogen-bond acceptors (Lipinski definition) is 5. The molecule has 19 heavy (non-hydrogen) atoms. The van der Waals surface area contributed by atoms with Crippen molar-refractivity contribution in [2.45, 2.75) is 32.0 Å². The van der Waals surface area contributed by atoms with Crippen LogP contribution in [0.25, 0.3) is 11.6 Å². The summed E-state index contributed by atoms with van der Waals surface area (Å²) in [6.07, 6.45) is 1.61. The molecule has 0 aliphatic carbocycles. The second-order valence-electron chi connectivity index (χ2n) is 4.39. The van der Waals surface area contributed by atoms with Crippen molar-refractivity contribution in [2.24, 2.45) is 0 Å². The van der Waals surface area contributed by atoms with E-state index in [9.17, 15) is 4.79 Å². The summed E-state index contributed by atoms with van der Waals surface area (Å²) in [5.74, 6) is 0.384. The third kappa shape index (κ3) is 2.81. The fraction of sp³-hybridized carbons (Fsp3) is 0.417. The van der Waals surface area contributed by atoms with Gasteiger partial charge < -0.3 is 9.52 Å². The molecule has 0 aliphatic rings. The normalized spacial score (nSPS) is 11.2. The van der Waals surface area contributed by atoms with Gasteiger partial charge in [-0.15, -0.1) is 10.2 Å². The molecule has 0 spiro atoms. The maximum absolute atomic E-state index is 10.6. The first-order chi connectivity index (χ1) is 9.00. The van der Waals surface area contributed by atoms with Crippen molar-refractivity contribution in [3.05, 3.63) is 17.9 Å². The third-order valence-corrected chi connectivity index (χ3v) is 3.50. The number of hydrogen-bond donors (Lipinski definition) is 1. The fourth-order valence-electron chi connectivity index (χ4n) is 1.72. The highest BCUT2D eigenvalue weighted by molar-refractivity contribution is 7.99. The Bertz CT molecular complexity index is 589. The largest absolute Gasteiger partial charge is 0.481 e. The Morgan fingerprint density at radius 3 is 2.79 bits per heavy atom. The number of carboxylic acids is 1. The van der Waals surface area contributed by atoms with E-state index in [0.717, 1.165) is 17.3 Å². The second kappa shape index (κ2) is 5.48. The quantitative estimate of drug-likeness (QED) is 0.848. The Kier molecular flexibility index (Phi) is 3.94. The van der Waals surface area contributed by atoms with E-state index in [2.05, 4.69) is 10.2 Å². The summed E-state index contributed by atoms with van der Waals surface area (Å²) in [4.78, 5) is 10.6. The number of thioether (sulfide) groups is 1. The molecule has 0 atom stereocenters. The summed E-state index contributed by atoms with van der Waals surface area (Å²) in [6, 6.07) is 1.98. The Hall–Kier alpha value is -1.76. The van der Waals surface area contributed by atoms with Gasteiger partial charge in [0.2, 0.25) is 5.82 Å². The van der Waals surface area contributed by atoms with E-state index in [1.54, 1.807) is 6.26 Å². The van der Waals surface area contributed by atoms with Crippen LogP contribution in [0.4, 0.5) is 0 Å². The van der Waals surface area contributed by atoms with Gasteiger partial charge in [0.1, 0.15) is 0 Å². The molecule has 2 aromatic heterocycles. The van der Waals surface area contributed by atoms with E-state index in [-0.39, 0.29) is 11.8 Å². The van der Waals surface area contributed by atoms with E-state index >= 15 is 0 Å². The van der Waals surface area contributed by atoms with Gasteiger partial charge in [0.15, 0.2) is 10.9 Å². The predicted molar refractivity (Wildman–Crippen MR) is 71.2 cm³/mol. The van der Waals surface area contributed by atoms with Crippen LogP contribution in [0.5, 0.6) is 0 Å². The van der Waals surface area contributed by atoms with E-state index in [1.165, 1.54) is 0 Å². The monoisotopic (exact) mass is 281 g/mol. The van der Waals surface area contributed by atoms with Crippen molar-refractivity contribution in [3.63, 3.8) is 0 Å². The number of carboxylic acid groups (broad SMARTS) is 1. The molecule has 7 heteroatoms. The van der Waals surface area contributed by atoms with Crippen LogP contribution < -0.4 is 0 Å². The van der Waals surface area contributed by atoms with Gasteiger partial charge in [-0.05, 0) is 32.4 Å². The van der Waals surface area contributed by atoms with Gasteiger partial charge in [0.05, 0.1) is 12.0 Å². The highest BCUT2D eigenvalue weighted by atomic mass is 32.2. The van der Waals surface area contributed by atoms with Crippen LogP contribution in [-0.4, -0.2) is 31.6 Å². The standard InChI is InChI=1S/C12H15N3O3S/c1-7(2)15-11(10-8(3)4-5-18-10)13-14-12(15)19-6-9(16)17/h4-5,7H,6H2,1-3H3,(H,16,17). The molecule has 0 amide bonds. The summed E-state index contributed by atoms with van der Waals surface area (Å²) in [5, 5.41) is 17.5. The molecule has 2 rings (SSSR count). The number of aliphatic carboxylic acids is 1. The Labute approximate surface area is 114 Å². The van der Waals surface area contributed by atoms with Gasteiger partial charge in [0, 0.05) is 6.04 Å². The summed E-state index contributed by atoms with van der Waals surface area (Å²) in [6.45, 7) is 5.92. The zero-order valence-corrected chi connectivity index (χ0v) is 11.8. The Balaban J connectivity index is 2.40. The molecule has 0 unspecified atom stereocenters. The second-order valence-corrected chi connectivity index (χ2v) is 5.33. The molecule has 2 aromatic rings. The molecule has 0 saturated heterocycles. The Morgan fingerprint density at radius 1 is 1.53 bits per heavy atom. The van der Waals surface area contributed by atoms with E-state index < -0.39 is 5.97 Å². The maximum atomic E-state index is 10.6. The first-order valence-electron chi connectivity index (χ1n) is 5.84. The number of carbonyl (C=O) groups is 1. The summed E-state index contributed by atoms with van der Waals surface area (Å²) in [7, 11) is 0. The fourth-order valence-corrected chi connectivity index (χ4v) is 2.51. The average Bonchev–Trinajstić information content (AvgIpc) is 2.91. The first kappa shape index (κ1) is 13.7. The van der Waals surface area contributed by atoms with Crippen LogP contribution in [0.1, 0.15) is 25.5 Å². The number of furan rings is 1. The van der Waals surface area contributed by atoms with Gasteiger partial charge in [-0.1, -0.05) is 11.8 Å². The molecule has 6 nitrogen and oxygen atoms in total. The molecule has 102 valence electrons. The SMILES string of the molecule is Cc1ccoc1-c1nnc(SCC(=O)O)n1C(C)C. The zero-order chi connectivity index (χ0) is 14.0. The highest BCUT2D eigenvalue weighted by Crippen LogP contribution is 2.29. The molecule has 0 saturated carbocycles. The molecule has 0 radical (unpaired) electrons. The zero-order valence-electron chi connectivity index (χ0n) is 11.0. The van der Waals surface area contributed by atoms with Crippen molar-refractivity contribution in [1.82, 2.24) is 14.8 Å². The summed E-state index contributed by atoms with van der Waals surface area (Å²) in [5.41, 5.74) is 0.976. The maximum Gasteiger partial charge on any atom is 0.313 e. The molecule has 0 bridgehead atoms. The lowest BCUT2D eigenvalue weighted by molar-refractivity contribution is -0.133. The van der Waals surface area contributed by atoms with Crippen molar-refractivity contribution in [3.8, 4) is 11.6 Å². The number of nitrogens with zero attached hydrogens (tertiary/aromatic N) is 3. The summed E-state index contributed by atoms with van der Waals surface area (Å²) >= 11 is 1.16. The molecule has 1 N–H and O–H groups in total. The number of aromatic nitrogens is 3. The van der Waals surface area contributed by atoms with Gasteiger partial charge >= 0.3 is 5.97 Å². The van der Waals surface area contributed by atoms with Gasteiger partial charge in [-0.2, -0.15) is 0 Å². The summed E-state index contributed by atoms with van der Waals surface area (Å²) < 4.78 is 7.32. The minimum atomic E-state index is -0.876. The van der Waals surface area contributed by atoms with E-state index in [1.807, 2.05) is 31.4 Å². The lowest BCUT2D eigenvalue weighted by Crippen LogP contribution is -2.07. The van der Waals surface area contributed by atoms with E-state index in [4.69, 9.17) is 9.52 Å². The number of rotatable bonds is 5. The van der Waals surface area contributed by atoms with Crippen molar-refractivity contribution >= 4 is 17.7 Å². The smallest absolute Gasteiger partial charge is 0.313 e. The van der Waals surface area contributed by atoms with Gasteiger partial charge in [0.25, 0.3) is 0 Å². The Morgan fingerprint density at radius 2 is 2.26 bits per heavy atom. The van der Waals surface area contributed by atoms with Crippen molar-refractivity contribution < 1.29 is 14.3 Å². The molecule has 0 aromatic carbocycles. The van der Waals surface area contributed by atoms with Crippen LogP contribution in [0.15, 0.2) is 21.9 Å². The van der Waals surface area contributed by atoms with Crippen LogP contribution in [0.2, 0.25) is 0 Å². The third-order valence-electron chi connectivity index (χ3n) is 2.57. The first-order valence-corrected chi connectivity index (χ1v) is 6.83. The minimum Gasteiger partial charge on any atom is -0.481 e. The number of aryl methyl sites for hydroxylation is 1.